The van der Waals surface area contributed by atoms with Crippen LogP contribution in [0.1, 0.15) is 32.6 Å². The molecule has 3 N–H and O–H groups in total. The first-order valence-corrected chi connectivity index (χ1v) is 7.30. The second-order valence-electron chi connectivity index (χ2n) is 6.01. The summed E-state index contributed by atoms with van der Waals surface area (Å²) in [5.74, 6) is -0.788. The van der Waals surface area contributed by atoms with Gasteiger partial charge in [-0.15, -0.1) is 0 Å². The first-order valence-electron chi connectivity index (χ1n) is 7.30. The summed E-state index contributed by atoms with van der Waals surface area (Å²) in [4.78, 5) is 25.9. The minimum absolute atomic E-state index is 0.0138. The van der Waals surface area contributed by atoms with Crippen LogP contribution in [0.4, 0.5) is 0 Å². The van der Waals surface area contributed by atoms with Crippen LogP contribution in [0.15, 0.2) is 0 Å². The number of nitrogens with zero attached hydrogens (tertiary/aromatic N) is 1. The fourth-order valence-electron chi connectivity index (χ4n) is 3.26. The molecule has 114 valence electrons. The fourth-order valence-corrected chi connectivity index (χ4v) is 3.26. The summed E-state index contributed by atoms with van der Waals surface area (Å²) < 4.78 is 5.32. The third-order valence-electron chi connectivity index (χ3n) is 5.07. The summed E-state index contributed by atoms with van der Waals surface area (Å²) in [5, 5.41) is 9.41. The predicted octanol–water partition coefficient (Wildman–Crippen LogP) is 0.455. The molecule has 2 aliphatic rings. The van der Waals surface area contributed by atoms with E-state index in [2.05, 4.69) is 0 Å². The van der Waals surface area contributed by atoms with E-state index in [-0.39, 0.29) is 5.91 Å². The lowest BCUT2D eigenvalue weighted by atomic mass is 9.78. The van der Waals surface area contributed by atoms with Crippen LogP contribution < -0.4 is 5.73 Å². The highest BCUT2D eigenvalue weighted by Crippen LogP contribution is 2.38. The number of carboxylic acid groups (broad SMARTS) is 1. The van der Waals surface area contributed by atoms with E-state index in [9.17, 15) is 14.7 Å². The number of carbonyl (C=O) groups excluding carboxylic acids is 1. The normalized spacial score (nSPS) is 29.4. The molecule has 1 unspecified atom stereocenters. The Morgan fingerprint density at radius 2 is 1.90 bits per heavy atom. The maximum absolute atomic E-state index is 12.8. The van der Waals surface area contributed by atoms with Gasteiger partial charge in [-0.05, 0) is 25.7 Å². The van der Waals surface area contributed by atoms with E-state index in [0.717, 1.165) is 0 Å². The Balaban J connectivity index is 2.12. The number of carbonyl (C=O) groups is 2. The molecule has 0 aliphatic carbocycles. The SMILES string of the molecule is CCC1(C(=O)O)CCN(C(=O)C2(CN)CCOCC2)C1. The van der Waals surface area contributed by atoms with Crippen molar-refractivity contribution >= 4 is 11.9 Å². The highest BCUT2D eigenvalue weighted by Gasteiger charge is 2.49. The second-order valence-corrected chi connectivity index (χ2v) is 6.01. The van der Waals surface area contributed by atoms with Crippen LogP contribution >= 0.6 is 0 Å². The Labute approximate surface area is 119 Å². The van der Waals surface area contributed by atoms with Crippen molar-refractivity contribution in [1.82, 2.24) is 4.90 Å². The molecule has 2 rings (SSSR count). The summed E-state index contributed by atoms with van der Waals surface area (Å²) in [6, 6.07) is 0. The molecule has 2 fully saturated rings. The van der Waals surface area contributed by atoms with Crippen molar-refractivity contribution in [2.75, 3.05) is 32.8 Å². The van der Waals surface area contributed by atoms with E-state index >= 15 is 0 Å². The van der Waals surface area contributed by atoms with Gasteiger partial charge in [0.25, 0.3) is 0 Å². The highest BCUT2D eigenvalue weighted by atomic mass is 16.5. The summed E-state index contributed by atoms with van der Waals surface area (Å²) in [6.07, 6.45) is 2.34. The summed E-state index contributed by atoms with van der Waals surface area (Å²) >= 11 is 0. The first kappa shape index (κ1) is 15.3. The molecule has 0 saturated carbocycles. The van der Waals surface area contributed by atoms with Gasteiger partial charge in [-0.2, -0.15) is 0 Å². The summed E-state index contributed by atoms with van der Waals surface area (Å²) in [5.41, 5.74) is 4.51. The molecule has 0 radical (unpaired) electrons. The van der Waals surface area contributed by atoms with Gasteiger partial charge < -0.3 is 20.5 Å². The van der Waals surface area contributed by atoms with Gasteiger partial charge in [0.2, 0.25) is 5.91 Å². The van der Waals surface area contributed by atoms with Gasteiger partial charge in [0.1, 0.15) is 0 Å². The Bertz CT molecular complexity index is 393. The Morgan fingerprint density at radius 1 is 1.25 bits per heavy atom. The van der Waals surface area contributed by atoms with Crippen LogP contribution in [-0.4, -0.2) is 54.7 Å². The lowest BCUT2D eigenvalue weighted by molar-refractivity contribution is -0.151. The lowest BCUT2D eigenvalue weighted by Crippen LogP contribution is -2.51. The molecule has 6 nitrogen and oxygen atoms in total. The van der Waals surface area contributed by atoms with Crippen molar-refractivity contribution in [3.05, 3.63) is 0 Å². The number of nitrogens with two attached hydrogens (primary N) is 1. The zero-order chi connectivity index (χ0) is 14.8. The molecule has 0 spiro atoms. The van der Waals surface area contributed by atoms with Gasteiger partial charge in [-0.25, -0.2) is 0 Å². The minimum atomic E-state index is -0.802. The average molecular weight is 284 g/mol. The summed E-state index contributed by atoms with van der Waals surface area (Å²) in [7, 11) is 0. The molecule has 2 aliphatic heterocycles. The minimum Gasteiger partial charge on any atom is -0.481 e. The van der Waals surface area contributed by atoms with Crippen LogP contribution in [0.3, 0.4) is 0 Å². The van der Waals surface area contributed by atoms with E-state index < -0.39 is 16.8 Å². The summed E-state index contributed by atoms with van der Waals surface area (Å²) in [6.45, 7) is 4.10. The van der Waals surface area contributed by atoms with Crippen molar-refractivity contribution in [3.63, 3.8) is 0 Å². The molecular formula is C14H24N2O4. The number of amides is 1. The number of ether oxygens (including phenoxy) is 1. The zero-order valence-electron chi connectivity index (χ0n) is 12.1. The van der Waals surface area contributed by atoms with E-state index in [1.165, 1.54) is 0 Å². The monoisotopic (exact) mass is 284 g/mol. The molecule has 2 saturated heterocycles. The van der Waals surface area contributed by atoms with Crippen molar-refractivity contribution in [2.24, 2.45) is 16.6 Å². The number of rotatable bonds is 4. The van der Waals surface area contributed by atoms with Crippen LogP contribution in [0.2, 0.25) is 0 Å². The van der Waals surface area contributed by atoms with Gasteiger partial charge in [-0.1, -0.05) is 6.92 Å². The Morgan fingerprint density at radius 3 is 2.35 bits per heavy atom. The molecule has 1 amide bonds. The van der Waals surface area contributed by atoms with Crippen LogP contribution in [0.5, 0.6) is 0 Å². The van der Waals surface area contributed by atoms with Gasteiger partial charge >= 0.3 is 5.97 Å². The first-order chi connectivity index (χ1) is 9.49. The predicted molar refractivity (Wildman–Crippen MR) is 73.1 cm³/mol. The largest absolute Gasteiger partial charge is 0.481 e. The highest BCUT2D eigenvalue weighted by molar-refractivity contribution is 5.85. The number of carboxylic acids is 1. The van der Waals surface area contributed by atoms with Crippen LogP contribution in [0, 0.1) is 10.8 Å². The van der Waals surface area contributed by atoms with Crippen molar-refractivity contribution in [3.8, 4) is 0 Å². The van der Waals surface area contributed by atoms with E-state index in [0.29, 0.717) is 58.5 Å². The topological polar surface area (TPSA) is 92.9 Å². The van der Waals surface area contributed by atoms with Crippen molar-refractivity contribution in [1.29, 1.82) is 0 Å². The number of aliphatic carboxylic acids is 1. The molecule has 1 atom stereocenters. The van der Waals surface area contributed by atoms with E-state index in [4.69, 9.17) is 10.5 Å². The van der Waals surface area contributed by atoms with Gasteiger partial charge in [-0.3, -0.25) is 9.59 Å². The number of hydrogen-bond acceptors (Lipinski definition) is 4. The second kappa shape index (κ2) is 5.69. The van der Waals surface area contributed by atoms with Gasteiger partial charge in [0.15, 0.2) is 0 Å². The average Bonchev–Trinajstić information content (AvgIpc) is 2.93. The quantitative estimate of drug-likeness (QED) is 0.782. The molecule has 0 bridgehead atoms. The van der Waals surface area contributed by atoms with Gasteiger partial charge in [0, 0.05) is 32.8 Å². The Kier molecular flexibility index (Phi) is 4.34. The third-order valence-corrected chi connectivity index (χ3v) is 5.07. The number of likely N-dealkylation sites (tertiary alicyclic amines) is 1. The fraction of sp³-hybridized carbons (Fsp3) is 0.857. The van der Waals surface area contributed by atoms with Crippen LogP contribution in [-0.2, 0) is 14.3 Å². The van der Waals surface area contributed by atoms with E-state index in [1.54, 1.807) is 4.90 Å². The molecule has 2 heterocycles. The molecule has 6 heteroatoms. The van der Waals surface area contributed by atoms with Gasteiger partial charge in [0.05, 0.1) is 10.8 Å². The molecule has 20 heavy (non-hydrogen) atoms. The standard InChI is InChI=1S/C14H24N2O4/c1-2-13(12(18)19)3-6-16(10-13)11(17)14(9-15)4-7-20-8-5-14/h2-10,15H2,1H3,(H,18,19). The van der Waals surface area contributed by atoms with Crippen molar-refractivity contribution in [2.45, 2.75) is 32.6 Å². The third kappa shape index (κ3) is 2.42. The molecular weight excluding hydrogens is 260 g/mol. The van der Waals surface area contributed by atoms with Crippen molar-refractivity contribution < 1.29 is 19.4 Å². The maximum Gasteiger partial charge on any atom is 0.311 e. The van der Waals surface area contributed by atoms with E-state index in [1.807, 2.05) is 6.92 Å². The molecule has 0 aromatic carbocycles. The Hall–Kier alpha value is -1.14. The molecule has 0 aromatic rings. The lowest BCUT2D eigenvalue weighted by Gasteiger charge is -2.38. The zero-order valence-corrected chi connectivity index (χ0v) is 12.1. The van der Waals surface area contributed by atoms with Crippen LogP contribution in [0.25, 0.3) is 0 Å². The maximum atomic E-state index is 12.8. The molecule has 0 aromatic heterocycles. The number of hydrogen-bond donors (Lipinski definition) is 2. The smallest absolute Gasteiger partial charge is 0.311 e.